The molecule has 3 rings (SSSR count). The Bertz CT molecular complexity index is 794. The topological polar surface area (TPSA) is 67.2 Å². The van der Waals surface area contributed by atoms with E-state index >= 15 is 0 Å². The van der Waals surface area contributed by atoms with Gasteiger partial charge in [0, 0.05) is 30.6 Å². The molecule has 1 aliphatic rings. The number of nitrogens with zero attached hydrogens (tertiary/aromatic N) is 3. The fourth-order valence-electron chi connectivity index (χ4n) is 3.10. The van der Waals surface area contributed by atoms with Crippen LogP contribution in [-0.4, -0.2) is 28.0 Å². The molecule has 1 fully saturated rings. The smallest absolute Gasteiger partial charge is 0.328 e. The third-order valence-corrected chi connectivity index (χ3v) is 4.74. The first-order valence-electron chi connectivity index (χ1n) is 8.54. The van der Waals surface area contributed by atoms with E-state index in [4.69, 9.17) is 0 Å². The van der Waals surface area contributed by atoms with Gasteiger partial charge in [-0.15, -0.1) is 0 Å². The zero-order valence-electron chi connectivity index (χ0n) is 14.7. The van der Waals surface area contributed by atoms with Crippen molar-refractivity contribution in [2.75, 3.05) is 11.4 Å². The van der Waals surface area contributed by atoms with Gasteiger partial charge in [0.15, 0.2) is 0 Å². The Morgan fingerprint density at radius 1 is 1.29 bits per heavy atom. The molecule has 1 unspecified atom stereocenters. The lowest BCUT2D eigenvalue weighted by molar-refractivity contribution is -0.120. The van der Waals surface area contributed by atoms with Crippen molar-refractivity contribution >= 4 is 28.7 Å². The van der Waals surface area contributed by atoms with Crippen molar-refractivity contribution in [2.24, 2.45) is 0 Å². The molecule has 128 valence electrons. The zero-order chi connectivity index (χ0) is 17.4. The molecule has 2 aromatic heterocycles. The van der Waals surface area contributed by atoms with E-state index in [-0.39, 0.29) is 11.9 Å². The van der Waals surface area contributed by atoms with Crippen LogP contribution in [0.15, 0.2) is 18.5 Å². The highest BCUT2D eigenvalue weighted by Crippen LogP contribution is 2.32. The number of rotatable bonds is 4. The van der Waals surface area contributed by atoms with Gasteiger partial charge in [-0.3, -0.25) is 15.0 Å². The number of carbonyl (C=O) groups excluding carboxylic acids is 2. The molecule has 0 saturated carbocycles. The SMILES string of the molecule is CCC(C)n1cc(C(C)C)c2cc(N3CCC(=O)NC3=O)cnc21. The van der Waals surface area contributed by atoms with Gasteiger partial charge in [0.25, 0.3) is 0 Å². The van der Waals surface area contributed by atoms with Crippen LogP contribution in [0.4, 0.5) is 10.5 Å². The van der Waals surface area contributed by atoms with Crippen LogP contribution < -0.4 is 10.2 Å². The Labute approximate surface area is 141 Å². The summed E-state index contributed by atoms with van der Waals surface area (Å²) in [4.78, 5) is 29.6. The van der Waals surface area contributed by atoms with Crippen LogP contribution in [0, 0.1) is 0 Å². The predicted octanol–water partition coefficient (Wildman–Crippen LogP) is 3.58. The third kappa shape index (κ3) is 2.77. The molecule has 0 aromatic carbocycles. The molecule has 1 N–H and O–H groups in total. The third-order valence-electron chi connectivity index (χ3n) is 4.74. The second-order valence-corrected chi connectivity index (χ2v) is 6.72. The molecule has 1 atom stereocenters. The molecule has 0 bridgehead atoms. The molecule has 3 heterocycles. The van der Waals surface area contributed by atoms with E-state index in [2.05, 4.69) is 48.8 Å². The molecule has 0 aliphatic carbocycles. The van der Waals surface area contributed by atoms with Gasteiger partial charge in [0.1, 0.15) is 5.65 Å². The van der Waals surface area contributed by atoms with Crippen LogP contribution in [0.1, 0.15) is 58.1 Å². The minimum atomic E-state index is -0.375. The van der Waals surface area contributed by atoms with Crippen molar-refractivity contribution in [3.05, 3.63) is 24.0 Å². The predicted molar refractivity (Wildman–Crippen MR) is 94.3 cm³/mol. The van der Waals surface area contributed by atoms with Crippen LogP contribution in [0.3, 0.4) is 0 Å². The maximum atomic E-state index is 12.1. The van der Waals surface area contributed by atoms with Crippen LogP contribution in [0.5, 0.6) is 0 Å². The molecule has 6 heteroatoms. The number of carbonyl (C=O) groups is 2. The van der Waals surface area contributed by atoms with Crippen LogP contribution in [0.2, 0.25) is 0 Å². The maximum Gasteiger partial charge on any atom is 0.328 e. The number of hydrogen-bond donors (Lipinski definition) is 1. The van der Waals surface area contributed by atoms with Crippen molar-refractivity contribution in [2.45, 2.75) is 52.5 Å². The summed E-state index contributed by atoms with van der Waals surface area (Å²) in [6, 6.07) is 2.01. The second kappa shape index (κ2) is 6.26. The first-order valence-corrected chi connectivity index (χ1v) is 8.54. The standard InChI is InChI=1S/C18H24N4O2/c1-5-12(4)22-10-15(11(2)3)14-8-13(9-19-17(14)22)21-7-6-16(23)20-18(21)24/h8-12H,5-7H2,1-4H3,(H,20,23,24). The lowest BCUT2D eigenvalue weighted by atomic mass is 10.0. The van der Waals surface area contributed by atoms with Crippen molar-refractivity contribution in [3.8, 4) is 0 Å². The van der Waals surface area contributed by atoms with Crippen molar-refractivity contribution in [1.82, 2.24) is 14.9 Å². The first kappa shape index (κ1) is 16.5. The lowest BCUT2D eigenvalue weighted by Crippen LogP contribution is -2.49. The Morgan fingerprint density at radius 2 is 2.04 bits per heavy atom. The molecule has 1 saturated heterocycles. The summed E-state index contributed by atoms with van der Waals surface area (Å²) in [5.74, 6) is 0.141. The molecule has 0 radical (unpaired) electrons. The number of urea groups is 1. The van der Waals surface area contributed by atoms with Gasteiger partial charge >= 0.3 is 6.03 Å². The van der Waals surface area contributed by atoms with Crippen molar-refractivity contribution < 1.29 is 9.59 Å². The molecule has 3 amide bonds. The van der Waals surface area contributed by atoms with Gasteiger partial charge in [-0.1, -0.05) is 20.8 Å². The van der Waals surface area contributed by atoms with Crippen LogP contribution >= 0.6 is 0 Å². The molecular weight excluding hydrogens is 304 g/mol. The average molecular weight is 328 g/mol. The highest BCUT2D eigenvalue weighted by molar-refractivity contribution is 6.06. The van der Waals surface area contributed by atoms with Gasteiger partial charge in [-0.25, -0.2) is 9.78 Å². The zero-order valence-corrected chi connectivity index (χ0v) is 14.7. The number of pyridine rings is 1. The van der Waals surface area contributed by atoms with E-state index in [1.54, 1.807) is 11.1 Å². The van der Waals surface area contributed by atoms with Gasteiger partial charge in [-0.2, -0.15) is 0 Å². The summed E-state index contributed by atoms with van der Waals surface area (Å²) in [6.45, 7) is 9.06. The summed E-state index contributed by atoms with van der Waals surface area (Å²) in [5, 5.41) is 3.44. The minimum absolute atomic E-state index is 0.226. The van der Waals surface area contributed by atoms with Gasteiger partial charge < -0.3 is 4.57 Å². The van der Waals surface area contributed by atoms with Gasteiger partial charge in [-0.05, 0) is 30.9 Å². The van der Waals surface area contributed by atoms with Gasteiger partial charge in [0.2, 0.25) is 5.91 Å². The largest absolute Gasteiger partial charge is 0.329 e. The summed E-state index contributed by atoms with van der Waals surface area (Å²) >= 11 is 0. The quantitative estimate of drug-likeness (QED) is 0.933. The van der Waals surface area contributed by atoms with E-state index in [0.717, 1.165) is 23.1 Å². The van der Waals surface area contributed by atoms with E-state index < -0.39 is 0 Å². The van der Waals surface area contributed by atoms with Crippen molar-refractivity contribution in [3.63, 3.8) is 0 Å². The summed E-state index contributed by atoms with van der Waals surface area (Å²) in [6.07, 6.45) is 5.25. The molecule has 2 aromatic rings. The monoisotopic (exact) mass is 328 g/mol. The van der Waals surface area contributed by atoms with E-state index in [0.29, 0.717) is 24.9 Å². The molecule has 1 aliphatic heterocycles. The normalized spacial score (nSPS) is 16.8. The van der Waals surface area contributed by atoms with Crippen molar-refractivity contribution in [1.29, 1.82) is 0 Å². The fourth-order valence-corrected chi connectivity index (χ4v) is 3.10. The Balaban J connectivity index is 2.08. The molecule has 0 spiro atoms. The number of nitrogens with one attached hydrogen (secondary N) is 1. The minimum Gasteiger partial charge on any atom is -0.329 e. The summed E-state index contributed by atoms with van der Waals surface area (Å²) < 4.78 is 2.22. The number of aromatic nitrogens is 2. The lowest BCUT2D eigenvalue weighted by Gasteiger charge is -2.26. The number of amides is 3. The Hall–Kier alpha value is -2.37. The number of hydrogen-bond acceptors (Lipinski definition) is 3. The maximum absolute atomic E-state index is 12.1. The Kier molecular flexibility index (Phi) is 4.30. The molecule has 24 heavy (non-hydrogen) atoms. The molecular formula is C18H24N4O2. The van der Waals surface area contributed by atoms with E-state index in [1.165, 1.54) is 5.56 Å². The number of imide groups is 1. The fraction of sp³-hybridized carbons (Fsp3) is 0.500. The first-order chi connectivity index (χ1) is 11.4. The second-order valence-electron chi connectivity index (χ2n) is 6.72. The summed E-state index contributed by atoms with van der Waals surface area (Å²) in [5.41, 5.74) is 2.91. The van der Waals surface area contributed by atoms with Crippen LogP contribution in [0.25, 0.3) is 11.0 Å². The highest BCUT2D eigenvalue weighted by Gasteiger charge is 2.25. The van der Waals surface area contributed by atoms with Gasteiger partial charge in [0.05, 0.1) is 11.9 Å². The highest BCUT2D eigenvalue weighted by atomic mass is 16.2. The van der Waals surface area contributed by atoms with E-state index in [9.17, 15) is 9.59 Å². The average Bonchev–Trinajstić information content (AvgIpc) is 2.93. The molecule has 6 nitrogen and oxygen atoms in total. The number of fused-ring (bicyclic) bond motifs is 1. The van der Waals surface area contributed by atoms with E-state index in [1.807, 2.05) is 6.07 Å². The van der Waals surface area contributed by atoms with Crippen LogP contribution in [-0.2, 0) is 4.79 Å². The number of anilines is 1. The summed E-state index contributed by atoms with van der Waals surface area (Å²) in [7, 11) is 0. The Morgan fingerprint density at radius 3 is 2.67 bits per heavy atom.